The van der Waals surface area contributed by atoms with Crippen molar-refractivity contribution >= 4 is 28.5 Å². The van der Waals surface area contributed by atoms with Gasteiger partial charge < -0.3 is 10.1 Å². The molecule has 126 valence electrons. The third-order valence-electron chi connectivity index (χ3n) is 3.45. The van der Waals surface area contributed by atoms with Crippen molar-refractivity contribution in [2.45, 2.75) is 0 Å². The second kappa shape index (κ2) is 8.57. The number of amides is 1. The molecule has 1 aromatic heterocycles. The van der Waals surface area contributed by atoms with Crippen LogP contribution in [-0.4, -0.2) is 29.3 Å². The molecule has 2 aromatic carbocycles. The maximum Gasteiger partial charge on any atom is 0.251 e. The van der Waals surface area contributed by atoms with Gasteiger partial charge in [0.1, 0.15) is 6.61 Å². The van der Waals surface area contributed by atoms with Crippen LogP contribution in [0.2, 0.25) is 0 Å². The van der Waals surface area contributed by atoms with E-state index in [9.17, 15) is 4.79 Å². The molecule has 25 heavy (non-hydrogen) atoms. The lowest BCUT2D eigenvalue weighted by molar-refractivity contribution is 0.0946. The number of carbonyl (C=O) groups excluding carboxylic acids is 1. The molecule has 0 bridgehead atoms. The van der Waals surface area contributed by atoms with E-state index in [1.165, 1.54) is 0 Å². The lowest BCUT2D eigenvalue weighted by Crippen LogP contribution is -2.28. The molecule has 3 rings (SSSR count). The largest absolute Gasteiger partial charge is 0.475 e. The number of halogens is 1. The summed E-state index contributed by atoms with van der Waals surface area (Å²) in [6, 6.07) is 20.9. The highest BCUT2D eigenvalue weighted by molar-refractivity contribution is 14.1. The molecule has 3 aromatic rings. The standard InChI is InChI=1S/C19H16IN3O2/c20-16-8-6-15(7-9-16)19(24)21-12-13-25-18-11-10-17(22-23-18)14-4-2-1-3-5-14/h1-11H,12-13H2,(H,21,24). The van der Waals surface area contributed by atoms with Crippen LogP contribution in [-0.2, 0) is 0 Å². The van der Waals surface area contributed by atoms with Crippen molar-refractivity contribution in [2.24, 2.45) is 0 Å². The van der Waals surface area contributed by atoms with Crippen molar-refractivity contribution < 1.29 is 9.53 Å². The Labute approximate surface area is 159 Å². The lowest BCUT2D eigenvalue weighted by atomic mass is 10.1. The molecule has 1 amide bonds. The SMILES string of the molecule is O=C(NCCOc1ccc(-c2ccccc2)nn1)c1ccc(I)cc1. The van der Waals surface area contributed by atoms with E-state index in [1.54, 1.807) is 18.2 Å². The molecule has 0 spiro atoms. The van der Waals surface area contributed by atoms with Gasteiger partial charge in [-0.1, -0.05) is 30.3 Å². The Bertz CT molecular complexity index is 822. The Morgan fingerprint density at radius 1 is 0.960 bits per heavy atom. The van der Waals surface area contributed by atoms with Crippen LogP contribution >= 0.6 is 22.6 Å². The first-order valence-electron chi connectivity index (χ1n) is 7.78. The number of hydrogen-bond acceptors (Lipinski definition) is 4. The van der Waals surface area contributed by atoms with Crippen molar-refractivity contribution in [1.82, 2.24) is 15.5 Å². The summed E-state index contributed by atoms with van der Waals surface area (Å²) in [4.78, 5) is 12.0. The summed E-state index contributed by atoms with van der Waals surface area (Å²) in [5.41, 5.74) is 2.43. The second-order valence-electron chi connectivity index (χ2n) is 5.23. The molecule has 0 aliphatic rings. The molecule has 0 saturated heterocycles. The normalized spacial score (nSPS) is 10.3. The third-order valence-corrected chi connectivity index (χ3v) is 4.17. The topological polar surface area (TPSA) is 64.1 Å². The molecular formula is C19H16IN3O2. The van der Waals surface area contributed by atoms with E-state index < -0.39 is 0 Å². The number of aromatic nitrogens is 2. The van der Waals surface area contributed by atoms with E-state index in [0.29, 0.717) is 24.6 Å². The van der Waals surface area contributed by atoms with Gasteiger partial charge in [-0.25, -0.2) is 0 Å². The predicted molar refractivity (Wildman–Crippen MR) is 104 cm³/mol. The summed E-state index contributed by atoms with van der Waals surface area (Å²) < 4.78 is 6.61. The zero-order valence-corrected chi connectivity index (χ0v) is 15.5. The second-order valence-corrected chi connectivity index (χ2v) is 6.48. The minimum Gasteiger partial charge on any atom is -0.475 e. The van der Waals surface area contributed by atoms with Gasteiger partial charge in [-0.3, -0.25) is 4.79 Å². The molecule has 0 aliphatic heterocycles. The van der Waals surface area contributed by atoms with Gasteiger partial charge >= 0.3 is 0 Å². The van der Waals surface area contributed by atoms with Crippen molar-refractivity contribution in [3.05, 3.63) is 75.9 Å². The van der Waals surface area contributed by atoms with Gasteiger partial charge in [0.2, 0.25) is 5.88 Å². The fraction of sp³-hybridized carbons (Fsp3) is 0.105. The molecule has 0 unspecified atom stereocenters. The zero-order chi connectivity index (χ0) is 17.5. The highest BCUT2D eigenvalue weighted by Gasteiger charge is 2.05. The summed E-state index contributed by atoms with van der Waals surface area (Å²) in [5.74, 6) is 0.314. The number of nitrogens with zero attached hydrogens (tertiary/aromatic N) is 2. The van der Waals surface area contributed by atoms with Crippen LogP contribution in [0.15, 0.2) is 66.7 Å². The van der Waals surface area contributed by atoms with Crippen LogP contribution in [0.1, 0.15) is 10.4 Å². The first kappa shape index (κ1) is 17.3. The van der Waals surface area contributed by atoms with E-state index in [4.69, 9.17) is 4.74 Å². The number of nitrogens with one attached hydrogen (secondary N) is 1. The quantitative estimate of drug-likeness (QED) is 0.466. The molecule has 0 atom stereocenters. The molecule has 0 aliphatic carbocycles. The van der Waals surface area contributed by atoms with E-state index in [2.05, 4.69) is 38.1 Å². The number of benzene rings is 2. The molecule has 0 radical (unpaired) electrons. The van der Waals surface area contributed by atoms with Crippen molar-refractivity contribution in [2.75, 3.05) is 13.2 Å². The molecule has 1 N–H and O–H groups in total. The third kappa shape index (κ3) is 4.99. The fourth-order valence-electron chi connectivity index (χ4n) is 2.18. The highest BCUT2D eigenvalue weighted by Crippen LogP contribution is 2.16. The average molecular weight is 445 g/mol. The lowest BCUT2D eigenvalue weighted by Gasteiger charge is -2.07. The fourth-order valence-corrected chi connectivity index (χ4v) is 2.54. The Balaban J connectivity index is 1.46. The van der Waals surface area contributed by atoms with Crippen LogP contribution in [0, 0.1) is 3.57 Å². The molecular weight excluding hydrogens is 429 g/mol. The van der Waals surface area contributed by atoms with Crippen LogP contribution < -0.4 is 10.1 Å². The van der Waals surface area contributed by atoms with Crippen molar-refractivity contribution in [1.29, 1.82) is 0 Å². The Morgan fingerprint density at radius 2 is 1.72 bits per heavy atom. The molecule has 1 heterocycles. The number of carbonyl (C=O) groups is 1. The van der Waals surface area contributed by atoms with Crippen LogP contribution in [0.25, 0.3) is 11.3 Å². The Hall–Kier alpha value is -2.48. The van der Waals surface area contributed by atoms with E-state index in [1.807, 2.05) is 48.5 Å². The van der Waals surface area contributed by atoms with Crippen LogP contribution in [0.3, 0.4) is 0 Å². The molecule has 5 nitrogen and oxygen atoms in total. The number of ether oxygens (including phenoxy) is 1. The van der Waals surface area contributed by atoms with Crippen molar-refractivity contribution in [3.63, 3.8) is 0 Å². The zero-order valence-electron chi connectivity index (χ0n) is 13.4. The smallest absolute Gasteiger partial charge is 0.251 e. The summed E-state index contributed by atoms with van der Waals surface area (Å²) in [5, 5.41) is 11.0. The van der Waals surface area contributed by atoms with Gasteiger partial charge in [-0.15, -0.1) is 10.2 Å². The monoisotopic (exact) mass is 445 g/mol. The minimum atomic E-state index is -0.120. The first-order chi connectivity index (χ1) is 12.2. The van der Waals surface area contributed by atoms with Crippen LogP contribution in [0.4, 0.5) is 0 Å². The Morgan fingerprint density at radius 3 is 2.40 bits per heavy atom. The van der Waals surface area contributed by atoms with Gasteiger partial charge in [0.05, 0.1) is 12.2 Å². The summed E-state index contributed by atoms with van der Waals surface area (Å²) in [7, 11) is 0. The maximum atomic E-state index is 12.0. The summed E-state index contributed by atoms with van der Waals surface area (Å²) >= 11 is 2.20. The minimum absolute atomic E-state index is 0.120. The van der Waals surface area contributed by atoms with Crippen LogP contribution in [0.5, 0.6) is 5.88 Å². The molecule has 0 fully saturated rings. The van der Waals surface area contributed by atoms with E-state index in [-0.39, 0.29) is 5.91 Å². The summed E-state index contributed by atoms with van der Waals surface area (Å²) in [6.07, 6.45) is 0. The molecule has 0 saturated carbocycles. The van der Waals surface area contributed by atoms with E-state index in [0.717, 1.165) is 14.8 Å². The Kier molecular flexibility index (Phi) is 5.95. The van der Waals surface area contributed by atoms with Gasteiger partial charge in [-0.05, 0) is 52.9 Å². The van der Waals surface area contributed by atoms with E-state index >= 15 is 0 Å². The predicted octanol–water partition coefficient (Wildman–Crippen LogP) is 3.56. The maximum absolute atomic E-state index is 12.0. The molecule has 6 heteroatoms. The van der Waals surface area contributed by atoms with Gasteiger partial charge in [-0.2, -0.15) is 0 Å². The first-order valence-corrected chi connectivity index (χ1v) is 8.86. The van der Waals surface area contributed by atoms with Gasteiger partial charge in [0.15, 0.2) is 0 Å². The van der Waals surface area contributed by atoms with Gasteiger partial charge in [0, 0.05) is 20.8 Å². The summed E-state index contributed by atoms with van der Waals surface area (Å²) in [6.45, 7) is 0.725. The highest BCUT2D eigenvalue weighted by atomic mass is 127. The average Bonchev–Trinajstić information content (AvgIpc) is 2.67. The number of rotatable bonds is 6. The number of hydrogen-bond donors (Lipinski definition) is 1. The van der Waals surface area contributed by atoms with Gasteiger partial charge in [0.25, 0.3) is 5.91 Å². The van der Waals surface area contributed by atoms with Crippen molar-refractivity contribution in [3.8, 4) is 17.1 Å².